The number of hydrogen-bond acceptors (Lipinski definition) is 7. The number of ether oxygens (including phenoxy) is 1. The van der Waals surface area contributed by atoms with E-state index >= 15 is 0 Å². The lowest BCUT2D eigenvalue weighted by atomic mass is 10.2. The zero-order chi connectivity index (χ0) is 14.8. The van der Waals surface area contributed by atoms with Crippen LogP contribution in [0.1, 0.15) is 46.1 Å². The van der Waals surface area contributed by atoms with Crippen LogP contribution in [0.2, 0.25) is 0 Å². The summed E-state index contributed by atoms with van der Waals surface area (Å²) in [6.45, 7) is 2.86. The minimum absolute atomic E-state index is 0.0847. The van der Waals surface area contributed by atoms with Gasteiger partial charge in [0.1, 0.15) is 10.7 Å². The average molecular weight is 308 g/mol. The first-order valence-corrected chi connectivity index (χ1v) is 7.61. The van der Waals surface area contributed by atoms with Crippen molar-refractivity contribution in [2.75, 3.05) is 13.7 Å². The second-order valence-electron chi connectivity index (χ2n) is 4.89. The van der Waals surface area contributed by atoms with E-state index in [2.05, 4.69) is 15.1 Å². The molecule has 8 heteroatoms. The van der Waals surface area contributed by atoms with Crippen LogP contribution in [-0.2, 0) is 11.3 Å². The molecule has 112 valence electrons. The van der Waals surface area contributed by atoms with Gasteiger partial charge in [0.25, 0.3) is 5.91 Å². The number of rotatable bonds is 4. The smallest absolute Gasteiger partial charge is 0.273 e. The van der Waals surface area contributed by atoms with Crippen molar-refractivity contribution in [3.8, 4) is 0 Å². The lowest BCUT2D eigenvalue weighted by molar-refractivity contribution is 0.0722. The second kappa shape index (κ2) is 5.90. The van der Waals surface area contributed by atoms with E-state index in [-0.39, 0.29) is 11.9 Å². The Balaban J connectivity index is 1.79. The molecule has 1 aliphatic heterocycles. The summed E-state index contributed by atoms with van der Waals surface area (Å²) in [4.78, 5) is 22.9. The van der Waals surface area contributed by atoms with Crippen LogP contribution >= 0.6 is 11.3 Å². The number of methoxy groups -OCH3 is 1. The zero-order valence-corrected chi connectivity index (χ0v) is 12.7. The predicted molar refractivity (Wildman–Crippen MR) is 74.9 cm³/mol. The van der Waals surface area contributed by atoms with Crippen molar-refractivity contribution < 1.29 is 14.1 Å². The van der Waals surface area contributed by atoms with Gasteiger partial charge in [-0.1, -0.05) is 5.16 Å². The second-order valence-corrected chi connectivity index (χ2v) is 5.83. The molecule has 2 aromatic rings. The Morgan fingerprint density at radius 2 is 2.43 bits per heavy atom. The fourth-order valence-electron chi connectivity index (χ4n) is 2.47. The van der Waals surface area contributed by atoms with Crippen LogP contribution in [0.4, 0.5) is 0 Å². The molecule has 1 aliphatic rings. The molecule has 1 fully saturated rings. The van der Waals surface area contributed by atoms with Crippen molar-refractivity contribution in [3.63, 3.8) is 0 Å². The van der Waals surface area contributed by atoms with Crippen LogP contribution in [0.5, 0.6) is 0 Å². The van der Waals surface area contributed by atoms with Gasteiger partial charge in [-0.15, -0.1) is 11.3 Å². The molecule has 0 N–H and O–H groups in total. The molecule has 2 aromatic heterocycles. The van der Waals surface area contributed by atoms with Crippen molar-refractivity contribution >= 4 is 17.2 Å². The molecule has 0 unspecified atom stereocenters. The quantitative estimate of drug-likeness (QED) is 0.859. The first-order valence-electron chi connectivity index (χ1n) is 6.73. The van der Waals surface area contributed by atoms with Crippen molar-refractivity contribution in [2.45, 2.75) is 32.4 Å². The number of thiazole rings is 1. The molecule has 1 atom stereocenters. The molecule has 7 nitrogen and oxygen atoms in total. The fourth-order valence-corrected chi connectivity index (χ4v) is 3.21. The Morgan fingerprint density at radius 3 is 3.14 bits per heavy atom. The summed E-state index contributed by atoms with van der Waals surface area (Å²) in [6, 6.07) is -0.123. The normalized spacial score (nSPS) is 18.4. The van der Waals surface area contributed by atoms with Gasteiger partial charge in [0.2, 0.25) is 5.89 Å². The molecule has 3 rings (SSSR count). The van der Waals surface area contributed by atoms with Gasteiger partial charge in [-0.2, -0.15) is 4.98 Å². The largest absolute Gasteiger partial charge is 0.378 e. The minimum atomic E-state index is -0.123. The SMILES string of the molecule is COCc1nc(C(=O)N2CCC[C@H]2c2noc(C)n2)cs1. The molecular formula is C13H16N4O3S. The monoisotopic (exact) mass is 308 g/mol. The first kappa shape index (κ1) is 14.2. The fraction of sp³-hybridized carbons (Fsp3) is 0.538. The highest BCUT2D eigenvalue weighted by Gasteiger charge is 2.34. The van der Waals surface area contributed by atoms with E-state index in [1.807, 2.05) is 0 Å². The number of likely N-dealkylation sites (tertiary alicyclic amines) is 1. The third-order valence-electron chi connectivity index (χ3n) is 3.39. The lowest BCUT2D eigenvalue weighted by Crippen LogP contribution is -2.31. The number of nitrogens with zero attached hydrogens (tertiary/aromatic N) is 4. The van der Waals surface area contributed by atoms with E-state index in [0.717, 1.165) is 17.8 Å². The maximum atomic E-state index is 12.6. The molecule has 0 radical (unpaired) electrons. The third-order valence-corrected chi connectivity index (χ3v) is 4.22. The number of aryl methyl sites for hydroxylation is 1. The average Bonchev–Trinajstić information content (AvgIpc) is 3.17. The number of carbonyl (C=O) groups excluding carboxylic acids is 1. The van der Waals surface area contributed by atoms with Gasteiger partial charge in [0, 0.05) is 26.0 Å². The summed E-state index contributed by atoms with van der Waals surface area (Å²) in [7, 11) is 1.61. The first-order chi connectivity index (χ1) is 10.2. The van der Waals surface area contributed by atoms with Gasteiger partial charge in [-0.05, 0) is 12.8 Å². The Bertz CT molecular complexity index is 639. The number of amides is 1. The van der Waals surface area contributed by atoms with E-state index in [1.165, 1.54) is 11.3 Å². The summed E-state index contributed by atoms with van der Waals surface area (Å²) < 4.78 is 10.0. The van der Waals surface area contributed by atoms with E-state index < -0.39 is 0 Å². The summed E-state index contributed by atoms with van der Waals surface area (Å²) in [5.74, 6) is 1.00. The molecule has 0 spiro atoms. The highest BCUT2D eigenvalue weighted by molar-refractivity contribution is 7.09. The van der Waals surface area contributed by atoms with E-state index in [4.69, 9.17) is 9.26 Å². The maximum absolute atomic E-state index is 12.6. The summed E-state index contributed by atoms with van der Waals surface area (Å²) in [6.07, 6.45) is 1.78. The molecule has 1 saturated heterocycles. The van der Waals surface area contributed by atoms with Crippen LogP contribution in [0.25, 0.3) is 0 Å². The molecule has 0 aliphatic carbocycles. The summed E-state index contributed by atoms with van der Waals surface area (Å²) >= 11 is 1.43. The van der Waals surface area contributed by atoms with Gasteiger partial charge < -0.3 is 14.2 Å². The maximum Gasteiger partial charge on any atom is 0.273 e. The predicted octanol–water partition coefficient (Wildman–Crippen LogP) is 1.96. The third kappa shape index (κ3) is 2.81. The van der Waals surface area contributed by atoms with Gasteiger partial charge in [-0.3, -0.25) is 4.79 Å². The lowest BCUT2D eigenvalue weighted by Gasteiger charge is -2.21. The highest BCUT2D eigenvalue weighted by atomic mass is 32.1. The standard InChI is InChI=1S/C13H16N4O3S/c1-8-14-12(16-20-8)10-4-3-5-17(10)13(18)9-7-21-11(15-9)6-19-2/h7,10H,3-6H2,1-2H3/t10-/m0/s1. The van der Waals surface area contributed by atoms with Crippen LogP contribution in [-0.4, -0.2) is 39.6 Å². The van der Waals surface area contributed by atoms with Crippen LogP contribution in [0, 0.1) is 6.92 Å². The summed E-state index contributed by atoms with van der Waals surface area (Å²) in [5.41, 5.74) is 0.458. The Kier molecular flexibility index (Phi) is 3.98. The minimum Gasteiger partial charge on any atom is -0.378 e. The van der Waals surface area contributed by atoms with Crippen LogP contribution < -0.4 is 0 Å². The van der Waals surface area contributed by atoms with Gasteiger partial charge in [-0.25, -0.2) is 4.98 Å². The Morgan fingerprint density at radius 1 is 1.57 bits per heavy atom. The topological polar surface area (TPSA) is 81.4 Å². The molecule has 0 saturated carbocycles. The molecule has 3 heterocycles. The molecule has 21 heavy (non-hydrogen) atoms. The van der Waals surface area contributed by atoms with Crippen LogP contribution in [0.15, 0.2) is 9.90 Å². The Labute approximate surface area is 125 Å². The van der Waals surface area contributed by atoms with E-state index in [9.17, 15) is 4.79 Å². The van der Waals surface area contributed by atoms with Crippen molar-refractivity contribution in [3.05, 3.63) is 27.8 Å². The van der Waals surface area contributed by atoms with E-state index in [1.54, 1.807) is 24.3 Å². The molecular weight excluding hydrogens is 292 g/mol. The molecule has 0 aromatic carbocycles. The van der Waals surface area contributed by atoms with Crippen molar-refractivity contribution in [1.29, 1.82) is 0 Å². The molecule has 0 bridgehead atoms. The van der Waals surface area contributed by atoms with Gasteiger partial charge in [0.05, 0.1) is 12.6 Å². The molecule has 1 amide bonds. The van der Waals surface area contributed by atoms with Crippen molar-refractivity contribution in [2.24, 2.45) is 0 Å². The van der Waals surface area contributed by atoms with E-state index in [0.29, 0.717) is 30.6 Å². The highest BCUT2D eigenvalue weighted by Crippen LogP contribution is 2.31. The van der Waals surface area contributed by atoms with Gasteiger partial charge in [0.15, 0.2) is 5.82 Å². The zero-order valence-electron chi connectivity index (χ0n) is 11.9. The van der Waals surface area contributed by atoms with Crippen molar-refractivity contribution in [1.82, 2.24) is 20.0 Å². The number of aromatic nitrogens is 3. The van der Waals surface area contributed by atoms with Crippen LogP contribution in [0.3, 0.4) is 0 Å². The summed E-state index contributed by atoms with van der Waals surface area (Å²) in [5, 5.41) is 6.51. The Hall–Kier alpha value is -1.80. The number of hydrogen-bond donors (Lipinski definition) is 0. The number of carbonyl (C=O) groups is 1. The van der Waals surface area contributed by atoms with Gasteiger partial charge >= 0.3 is 0 Å².